The molecule has 3 rings (SSSR count). The third-order valence-corrected chi connectivity index (χ3v) is 4.09. The first-order chi connectivity index (χ1) is 10.7. The number of phenols is 2. The van der Waals surface area contributed by atoms with Crippen LogP contribution in [0.4, 0.5) is 0 Å². The fourth-order valence-electron chi connectivity index (χ4n) is 3.19. The number of aryl methyl sites for hydroxylation is 1. The lowest BCUT2D eigenvalue weighted by Gasteiger charge is -2.10. The largest absolute Gasteiger partial charge is 0.508 e. The molecular weight excluding hydrogens is 274 g/mol. The molecule has 0 aliphatic rings. The van der Waals surface area contributed by atoms with Crippen molar-refractivity contribution < 1.29 is 10.2 Å². The van der Waals surface area contributed by atoms with E-state index >= 15 is 0 Å². The van der Waals surface area contributed by atoms with E-state index in [1.165, 1.54) is 11.3 Å². The third kappa shape index (κ3) is 2.33. The van der Waals surface area contributed by atoms with Crippen molar-refractivity contribution in [3.8, 4) is 22.6 Å². The van der Waals surface area contributed by atoms with Gasteiger partial charge in [0.15, 0.2) is 0 Å². The Kier molecular flexibility index (Phi) is 3.80. The number of fused-ring (bicyclic) bond motifs is 1. The lowest BCUT2D eigenvalue weighted by atomic mass is 10.0. The van der Waals surface area contributed by atoms with Crippen molar-refractivity contribution in [1.29, 1.82) is 0 Å². The number of nitrogens with zero attached hydrogens (tertiary/aromatic N) is 1. The average molecular weight is 295 g/mol. The Morgan fingerprint density at radius 2 is 1.59 bits per heavy atom. The first-order valence-corrected chi connectivity index (χ1v) is 7.79. The van der Waals surface area contributed by atoms with Crippen molar-refractivity contribution in [2.24, 2.45) is 0 Å². The summed E-state index contributed by atoms with van der Waals surface area (Å²) in [5.41, 5.74) is 4.64. The summed E-state index contributed by atoms with van der Waals surface area (Å²) >= 11 is 0. The lowest BCUT2D eigenvalue weighted by molar-refractivity contribution is 0.475. The van der Waals surface area contributed by atoms with Crippen LogP contribution in [0.25, 0.3) is 22.0 Å². The number of aromatic hydroxyl groups is 2. The molecule has 0 spiro atoms. The van der Waals surface area contributed by atoms with Crippen LogP contribution in [0.1, 0.15) is 26.0 Å². The molecule has 0 radical (unpaired) electrons. The molecule has 0 unspecified atom stereocenters. The monoisotopic (exact) mass is 295 g/mol. The Hall–Kier alpha value is -2.42. The van der Waals surface area contributed by atoms with Gasteiger partial charge in [0, 0.05) is 29.3 Å². The SMILES string of the molecule is CCCn1c(CC)c(-c2ccc(O)cc2)c2ccc(O)cc21. The zero-order chi connectivity index (χ0) is 15.7. The van der Waals surface area contributed by atoms with Crippen molar-refractivity contribution in [1.82, 2.24) is 4.57 Å². The van der Waals surface area contributed by atoms with Gasteiger partial charge in [-0.25, -0.2) is 0 Å². The van der Waals surface area contributed by atoms with Crippen LogP contribution in [0.3, 0.4) is 0 Å². The van der Waals surface area contributed by atoms with Gasteiger partial charge in [-0.1, -0.05) is 26.0 Å². The van der Waals surface area contributed by atoms with E-state index < -0.39 is 0 Å². The molecule has 0 atom stereocenters. The van der Waals surface area contributed by atoms with Crippen LogP contribution in [0.15, 0.2) is 42.5 Å². The molecule has 0 saturated carbocycles. The van der Waals surface area contributed by atoms with Gasteiger partial charge in [-0.15, -0.1) is 0 Å². The number of benzene rings is 2. The third-order valence-electron chi connectivity index (χ3n) is 4.09. The highest BCUT2D eigenvalue weighted by Gasteiger charge is 2.17. The first kappa shape index (κ1) is 14.5. The van der Waals surface area contributed by atoms with Crippen LogP contribution in [0.2, 0.25) is 0 Å². The van der Waals surface area contributed by atoms with Gasteiger partial charge < -0.3 is 14.8 Å². The van der Waals surface area contributed by atoms with Crippen LogP contribution < -0.4 is 0 Å². The highest BCUT2D eigenvalue weighted by atomic mass is 16.3. The summed E-state index contributed by atoms with van der Waals surface area (Å²) in [6.07, 6.45) is 1.97. The van der Waals surface area contributed by atoms with Crippen molar-refractivity contribution >= 4 is 10.9 Å². The van der Waals surface area contributed by atoms with Crippen LogP contribution in [-0.4, -0.2) is 14.8 Å². The van der Waals surface area contributed by atoms with Gasteiger partial charge in [-0.2, -0.15) is 0 Å². The number of hydrogen-bond acceptors (Lipinski definition) is 2. The first-order valence-electron chi connectivity index (χ1n) is 7.79. The van der Waals surface area contributed by atoms with Crippen molar-refractivity contribution in [2.75, 3.05) is 0 Å². The Balaban J connectivity index is 2.34. The molecule has 2 aromatic carbocycles. The number of phenolic OH excluding ortho intramolecular Hbond substituents is 2. The van der Waals surface area contributed by atoms with Gasteiger partial charge >= 0.3 is 0 Å². The second-order valence-electron chi connectivity index (χ2n) is 5.58. The quantitative estimate of drug-likeness (QED) is 0.733. The van der Waals surface area contributed by atoms with E-state index in [0.29, 0.717) is 5.75 Å². The summed E-state index contributed by atoms with van der Waals surface area (Å²) in [5, 5.41) is 20.5. The second kappa shape index (κ2) is 5.76. The normalized spacial score (nSPS) is 11.2. The standard InChI is InChI=1S/C19H21NO2/c1-3-11-20-17(4-2)19(13-5-7-14(21)8-6-13)16-10-9-15(22)12-18(16)20/h5-10,12,21-22H,3-4,11H2,1-2H3. The molecule has 1 aromatic heterocycles. The Morgan fingerprint density at radius 3 is 2.23 bits per heavy atom. The predicted octanol–water partition coefficient (Wildman–Crippen LogP) is 4.69. The topological polar surface area (TPSA) is 45.4 Å². The van der Waals surface area contributed by atoms with Crippen LogP contribution in [0, 0.1) is 0 Å². The Morgan fingerprint density at radius 1 is 0.909 bits per heavy atom. The van der Waals surface area contributed by atoms with Crippen LogP contribution >= 0.6 is 0 Å². The summed E-state index contributed by atoms with van der Waals surface area (Å²) in [6, 6.07) is 12.9. The molecule has 0 aliphatic carbocycles. The van der Waals surface area contributed by atoms with Crippen molar-refractivity contribution in [2.45, 2.75) is 33.2 Å². The van der Waals surface area contributed by atoms with E-state index in [-0.39, 0.29) is 5.75 Å². The fourth-order valence-corrected chi connectivity index (χ4v) is 3.19. The van der Waals surface area contributed by atoms with Crippen LogP contribution in [0.5, 0.6) is 11.5 Å². The van der Waals surface area contributed by atoms with E-state index in [1.807, 2.05) is 24.3 Å². The highest BCUT2D eigenvalue weighted by molar-refractivity contribution is 5.98. The van der Waals surface area contributed by atoms with Gasteiger partial charge in [-0.05, 0) is 42.7 Å². The molecule has 1 heterocycles. The van der Waals surface area contributed by atoms with Crippen molar-refractivity contribution in [3.63, 3.8) is 0 Å². The zero-order valence-electron chi connectivity index (χ0n) is 13.0. The summed E-state index contributed by atoms with van der Waals surface area (Å²) in [7, 11) is 0. The number of aromatic nitrogens is 1. The van der Waals surface area contributed by atoms with E-state index in [9.17, 15) is 10.2 Å². The summed E-state index contributed by atoms with van der Waals surface area (Å²) in [4.78, 5) is 0. The van der Waals surface area contributed by atoms with E-state index in [1.54, 1.807) is 18.2 Å². The second-order valence-corrected chi connectivity index (χ2v) is 5.58. The number of hydrogen-bond donors (Lipinski definition) is 2. The Labute approximate surface area is 130 Å². The minimum Gasteiger partial charge on any atom is -0.508 e. The predicted molar refractivity (Wildman–Crippen MR) is 90.4 cm³/mol. The molecule has 114 valence electrons. The molecule has 3 nitrogen and oxygen atoms in total. The van der Waals surface area contributed by atoms with Gasteiger partial charge in [-0.3, -0.25) is 0 Å². The van der Waals surface area contributed by atoms with E-state index in [0.717, 1.165) is 35.9 Å². The summed E-state index contributed by atoms with van der Waals surface area (Å²) in [6.45, 7) is 5.25. The summed E-state index contributed by atoms with van der Waals surface area (Å²) < 4.78 is 2.30. The minimum atomic E-state index is 0.275. The minimum absolute atomic E-state index is 0.275. The molecule has 2 N–H and O–H groups in total. The molecule has 0 fully saturated rings. The maximum atomic E-state index is 9.86. The van der Waals surface area contributed by atoms with E-state index in [2.05, 4.69) is 18.4 Å². The summed E-state index contributed by atoms with van der Waals surface area (Å²) in [5.74, 6) is 0.569. The zero-order valence-corrected chi connectivity index (χ0v) is 13.0. The highest BCUT2D eigenvalue weighted by Crippen LogP contribution is 2.37. The molecular formula is C19H21NO2. The van der Waals surface area contributed by atoms with Gasteiger partial charge in [0.1, 0.15) is 11.5 Å². The van der Waals surface area contributed by atoms with Gasteiger partial charge in [0.25, 0.3) is 0 Å². The molecule has 22 heavy (non-hydrogen) atoms. The molecule has 0 saturated heterocycles. The average Bonchev–Trinajstić information content (AvgIpc) is 2.82. The van der Waals surface area contributed by atoms with Crippen LogP contribution in [-0.2, 0) is 13.0 Å². The maximum absolute atomic E-state index is 9.86. The molecule has 3 heteroatoms. The number of rotatable bonds is 4. The fraction of sp³-hybridized carbons (Fsp3) is 0.263. The molecule has 0 amide bonds. The van der Waals surface area contributed by atoms with E-state index in [4.69, 9.17) is 0 Å². The molecule has 0 aliphatic heterocycles. The lowest BCUT2D eigenvalue weighted by Crippen LogP contribution is -2.02. The van der Waals surface area contributed by atoms with Gasteiger partial charge in [0.2, 0.25) is 0 Å². The van der Waals surface area contributed by atoms with Gasteiger partial charge in [0.05, 0.1) is 5.52 Å². The maximum Gasteiger partial charge on any atom is 0.117 e. The molecule has 3 aromatic rings. The smallest absolute Gasteiger partial charge is 0.117 e. The Bertz CT molecular complexity index is 800. The molecule has 0 bridgehead atoms. The van der Waals surface area contributed by atoms with Crippen molar-refractivity contribution in [3.05, 3.63) is 48.2 Å².